The number of nitrogens with one attached hydrogen (secondary N) is 1. The average molecular weight is 296 g/mol. The fourth-order valence-corrected chi connectivity index (χ4v) is 1.88. The van der Waals surface area contributed by atoms with Crippen LogP contribution in [0.3, 0.4) is 0 Å². The topological polar surface area (TPSA) is 81.2 Å². The van der Waals surface area contributed by atoms with E-state index in [1.807, 2.05) is 0 Å². The maximum Gasteiger partial charge on any atom is 0.293 e. The highest BCUT2D eigenvalue weighted by Gasteiger charge is 2.16. The van der Waals surface area contributed by atoms with Crippen molar-refractivity contribution in [3.63, 3.8) is 0 Å². The van der Waals surface area contributed by atoms with Gasteiger partial charge in [0.05, 0.1) is 11.4 Å². The first-order valence-corrected chi connectivity index (χ1v) is 6.08. The first kappa shape index (κ1) is 13.5. The van der Waals surface area contributed by atoms with Crippen LogP contribution in [0.2, 0.25) is 5.02 Å². The quantitative estimate of drug-likeness (QED) is 0.850. The molecule has 1 aromatic carbocycles. The third kappa shape index (κ3) is 2.91. The smallest absolute Gasteiger partial charge is 0.293 e. The number of amides is 1. The zero-order chi connectivity index (χ0) is 14.0. The molecule has 7 heteroatoms. The van der Waals surface area contributed by atoms with Gasteiger partial charge in [0.15, 0.2) is 6.39 Å². The van der Waals surface area contributed by atoms with Gasteiger partial charge in [-0.3, -0.25) is 4.79 Å². The van der Waals surface area contributed by atoms with E-state index in [0.29, 0.717) is 22.0 Å². The Kier molecular flexibility index (Phi) is 3.82. The molecule has 98 valence electrons. The van der Waals surface area contributed by atoms with Crippen LogP contribution in [0.15, 0.2) is 29.0 Å². The number of nitrogens with two attached hydrogens (primary N) is 1. The van der Waals surface area contributed by atoms with Gasteiger partial charge in [-0.1, -0.05) is 23.8 Å². The lowest BCUT2D eigenvalue weighted by molar-refractivity contribution is 0.0996. The molecule has 0 radical (unpaired) electrons. The fourth-order valence-electron chi connectivity index (χ4n) is 1.53. The molecule has 0 spiro atoms. The summed E-state index contributed by atoms with van der Waals surface area (Å²) >= 11 is 10.8. The van der Waals surface area contributed by atoms with Crippen molar-refractivity contribution in [2.75, 3.05) is 5.32 Å². The Hall–Kier alpha value is -1.92. The second-order valence-electron chi connectivity index (χ2n) is 3.78. The summed E-state index contributed by atoms with van der Waals surface area (Å²) in [5.74, 6) is -0.302. The lowest BCUT2D eigenvalue weighted by Gasteiger charge is -2.09. The van der Waals surface area contributed by atoms with E-state index in [4.69, 9.17) is 34.0 Å². The zero-order valence-corrected chi connectivity index (χ0v) is 11.5. The van der Waals surface area contributed by atoms with Gasteiger partial charge in [-0.15, -0.1) is 0 Å². The summed E-state index contributed by atoms with van der Waals surface area (Å²) < 4.78 is 5.01. The molecule has 1 amide bonds. The zero-order valence-electron chi connectivity index (χ0n) is 9.94. The highest BCUT2D eigenvalue weighted by Crippen LogP contribution is 2.22. The normalized spacial score (nSPS) is 10.2. The van der Waals surface area contributed by atoms with E-state index in [1.165, 1.54) is 6.39 Å². The number of carbonyl (C=O) groups excluding carboxylic acids is 1. The number of oxazole rings is 1. The highest BCUT2D eigenvalue weighted by molar-refractivity contribution is 7.80. The van der Waals surface area contributed by atoms with Crippen LogP contribution in [0.5, 0.6) is 0 Å². The van der Waals surface area contributed by atoms with Gasteiger partial charge in [0.25, 0.3) is 5.91 Å². The number of halogens is 1. The number of aryl methyl sites for hydroxylation is 1. The molecule has 0 atom stereocenters. The first-order chi connectivity index (χ1) is 8.99. The lowest BCUT2D eigenvalue weighted by Crippen LogP contribution is -2.17. The van der Waals surface area contributed by atoms with Crippen LogP contribution >= 0.6 is 23.8 Å². The molecular weight excluding hydrogens is 286 g/mol. The molecule has 2 rings (SSSR count). The summed E-state index contributed by atoms with van der Waals surface area (Å²) in [6, 6.07) is 4.86. The maximum atomic E-state index is 12.0. The van der Waals surface area contributed by atoms with Crippen molar-refractivity contribution >= 4 is 40.4 Å². The molecule has 0 aliphatic carbocycles. The van der Waals surface area contributed by atoms with Crippen LogP contribution in [0, 0.1) is 6.92 Å². The summed E-state index contributed by atoms with van der Waals surface area (Å²) in [7, 11) is 0. The van der Waals surface area contributed by atoms with Crippen LogP contribution in [-0.2, 0) is 0 Å². The summed E-state index contributed by atoms with van der Waals surface area (Å²) in [6.45, 7) is 1.67. The van der Waals surface area contributed by atoms with Gasteiger partial charge < -0.3 is 15.5 Å². The molecule has 0 saturated heterocycles. The SMILES string of the molecule is Cc1ncoc1C(=O)Nc1cc(Cl)ccc1C(N)=S. The van der Waals surface area contributed by atoms with E-state index in [-0.39, 0.29) is 10.7 Å². The number of anilines is 1. The van der Waals surface area contributed by atoms with Crippen LogP contribution in [0.1, 0.15) is 21.8 Å². The van der Waals surface area contributed by atoms with Gasteiger partial charge in [-0.2, -0.15) is 0 Å². The maximum absolute atomic E-state index is 12.0. The number of carbonyl (C=O) groups is 1. The van der Waals surface area contributed by atoms with Crippen molar-refractivity contribution in [1.29, 1.82) is 0 Å². The van der Waals surface area contributed by atoms with Crippen molar-refractivity contribution < 1.29 is 9.21 Å². The van der Waals surface area contributed by atoms with Gasteiger partial charge in [-0.25, -0.2) is 4.98 Å². The van der Waals surface area contributed by atoms with Crippen molar-refractivity contribution in [1.82, 2.24) is 4.98 Å². The highest BCUT2D eigenvalue weighted by atomic mass is 35.5. The molecule has 0 fully saturated rings. The van der Waals surface area contributed by atoms with E-state index in [2.05, 4.69) is 10.3 Å². The summed E-state index contributed by atoms with van der Waals surface area (Å²) in [6.07, 6.45) is 1.21. The molecule has 3 N–H and O–H groups in total. The van der Waals surface area contributed by atoms with Crippen LogP contribution in [-0.4, -0.2) is 15.9 Å². The Labute approximate surface area is 119 Å². The Balaban J connectivity index is 2.33. The van der Waals surface area contributed by atoms with Crippen LogP contribution < -0.4 is 11.1 Å². The Morgan fingerprint density at radius 3 is 2.84 bits per heavy atom. The molecule has 0 aliphatic heterocycles. The third-order valence-corrected chi connectivity index (χ3v) is 2.90. The van der Waals surface area contributed by atoms with Gasteiger partial charge in [0.2, 0.25) is 5.76 Å². The number of thiocarbonyl (C=S) groups is 1. The van der Waals surface area contributed by atoms with E-state index in [9.17, 15) is 4.79 Å². The number of nitrogens with zero attached hydrogens (tertiary/aromatic N) is 1. The number of benzene rings is 1. The van der Waals surface area contributed by atoms with Crippen LogP contribution in [0.4, 0.5) is 5.69 Å². The molecule has 0 saturated carbocycles. The fraction of sp³-hybridized carbons (Fsp3) is 0.0833. The summed E-state index contributed by atoms with van der Waals surface area (Å²) in [5.41, 5.74) is 7.05. The predicted octanol–water partition coefficient (Wildman–Crippen LogP) is 2.52. The molecule has 19 heavy (non-hydrogen) atoms. The van der Waals surface area contributed by atoms with Crippen LogP contribution in [0.25, 0.3) is 0 Å². The Morgan fingerprint density at radius 2 is 2.26 bits per heavy atom. The summed E-state index contributed by atoms with van der Waals surface area (Å²) in [4.78, 5) is 16.0. The Morgan fingerprint density at radius 1 is 1.53 bits per heavy atom. The third-order valence-electron chi connectivity index (χ3n) is 2.45. The van der Waals surface area contributed by atoms with Gasteiger partial charge in [0, 0.05) is 10.6 Å². The first-order valence-electron chi connectivity index (χ1n) is 5.30. The lowest BCUT2D eigenvalue weighted by atomic mass is 10.1. The monoisotopic (exact) mass is 295 g/mol. The van der Waals surface area contributed by atoms with Gasteiger partial charge >= 0.3 is 0 Å². The minimum Gasteiger partial charge on any atom is -0.438 e. The minimum absolute atomic E-state index is 0.133. The van der Waals surface area contributed by atoms with Crippen molar-refractivity contribution in [3.8, 4) is 0 Å². The molecule has 5 nitrogen and oxygen atoms in total. The van der Waals surface area contributed by atoms with Gasteiger partial charge in [-0.05, 0) is 25.1 Å². The van der Waals surface area contributed by atoms with E-state index in [0.717, 1.165) is 0 Å². The summed E-state index contributed by atoms with van der Waals surface area (Å²) in [5, 5.41) is 3.11. The van der Waals surface area contributed by atoms with Crippen molar-refractivity contribution in [2.45, 2.75) is 6.92 Å². The molecule has 0 aliphatic rings. The van der Waals surface area contributed by atoms with E-state index in [1.54, 1.807) is 25.1 Å². The number of hydrogen-bond donors (Lipinski definition) is 2. The van der Waals surface area contributed by atoms with Gasteiger partial charge in [0.1, 0.15) is 4.99 Å². The molecule has 0 bridgehead atoms. The largest absolute Gasteiger partial charge is 0.438 e. The molecule has 0 unspecified atom stereocenters. The van der Waals surface area contributed by atoms with Crippen molar-refractivity contribution in [2.24, 2.45) is 5.73 Å². The second kappa shape index (κ2) is 5.38. The number of rotatable bonds is 3. The van der Waals surface area contributed by atoms with Crippen molar-refractivity contribution in [3.05, 3.63) is 46.6 Å². The average Bonchev–Trinajstić information content (AvgIpc) is 2.75. The molecular formula is C12H10ClN3O2S. The number of aromatic nitrogens is 1. The minimum atomic E-state index is -0.435. The molecule has 1 heterocycles. The molecule has 1 aromatic heterocycles. The van der Waals surface area contributed by atoms with E-state index < -0.39 is 5.91 Å². The number of hydrogen-bond acceptors (Lipinski definition) is 4. The predicted molar refractivity (Wildman–Crippen MR) is 76.5 cm³/mol. The Bertz CT molecular complexity index is 654. The second-order valence-corrected chi connectivity index (χ2v) is 4.65. The standard InChI is InChI=1S/C12H10ClN3O2S/c1-6-10(18-5-15-6)12(17)16-9-4-7(13)2-3-8(9)11(14)19/h2-5H,1H3,(H2,14,19)(H,16,17). The van der Waals surface area contributed by atoms with E-state index >= 15 is 0 Å². The molecule has 2 aromatic rings.